The fraction of sp³-hybridized carbons (Fsp3) is 0. The molecule has 2 heterocycles. The van der Waals surface area contributed by atoms with E-state index in [2.05, 4.69) is 11.6 Å². The smallest absolute Gasteiger partial charge is 0.136 e. The number of nitrogens with zero attached hydrogens (tertiary/aromatic N) is 2. The number of hydrogen-bond donors (Lipinski definition) is 0. The van der Waals surface area contributed by atoms with Gasteiger partial charge in [-0.25, -0.2) is 4.98 Å². The van der Waals surface area contributed by atoms with Crippen LogP contribution in [0.2, 0.25) is 0 Å². The van der Waals surface area contributed by atoms with E-state index >= 15 is 0 Å². The molecule has 2 nitrogen and oxygen atoms in total. The van der Waals surface area contributed by atoms with E-state index < -0.39 is 0 Å². The molecular weight excluding hydrogens is 136 g/mol. The summed E-state index contributed by atoms with van der Waals surface area (Å²) in [6.07, 6.45) is 7.51. The standard InChI is InChI=1S/C9H8N2/c1-2-8-3-4-9-10-5-6-11(9)7-8/h2-7H,1H2. The molecule has 0 bridgehead atoms. The van der Waals surface area contributed by atoms with Gasteiger partial charge in [0.15, 0.2) is 0 Å². The van der Waals surface area contributed by atoms with E-state index in [1.807, 2.05) is 35.0 Å². The third-order valence-corrected chi connectivity index (χ3v) is 1.65. The Morgan fingerprint density at radius 3 is 3.18 bits per heavy atom. The summed E-state index contributed by atoms with van der Waals surface area (Å²) in [4.78, 5) is 4.12. The molecule has 2 rings (SSSR count). The van der Waals surface area contributed by atoms with Crippen LogP contribution in [0.1, 0.15) is 5.56 Å². The fourth-order valence-corrected chi connectivity index (χ4v) is 1.06. The first kappa shape index (κ1) is 6.16. The van der Waals surface area contributed by atoms with Crippen LogP contribution in [0.5, 0.6) is 0 Å². The molecule has 2 aromatic heterocycles. The summed E-state index contributed by atoms with van der Waals surface area (Å²) in [5.74, 6) is 0. The summed E-state index contributed by atoms with van der Waals surface area (Å²) in [5.41, 5.74) is 2.08. The Kier molecular flexibility index (Phi) is 1.25. The van der Waals surface area contributed by atoms with Crippen LogP contribution in [0.3, 0.4) is 0 Å². The first-order valence-corrected chi connectivity index (χ1v) is 3.45. The molecule has 0 unspecified atom stereocenters. The Labute approximate surface area is 64.8 Å². The van der Waals surface area contributed by atoms with E-state index in [9.17, 15) is 0 Å². The van der Waals surface area contributed by atoms with Crippen LogP contribution in [-0.2, 0) is 0 Å². The predicted octanol–water partition coefficient (Wildman–Crippen LogP) is 1.98. The molecule has 0 fully saturated rings. The van der Waals surface area contributed by atoms with E-state index in [0.29, 0.717) is 0 Å². The van der Waals surface area contributed by atoms with Crippen molar-refractivity contribution in [3.8, 4) is 0 Å². The lowest BCUT2D eigenvalue weighted by atomic mass is 10.3. The Hall–Kier alpha value is -1.57. The topological polar surface area (TPSA) is 17.3 Å². The molecule has 0 aliphatic carbocycles. The van der Waals surface area contributed by atoms with Gasteiger partial charge >= 0.3 is 0 Å². The van der Waals surface area contributed by atoms with Gasteiger partial charge in [0, 0.05) is 18.6 Å². The van der Waals surface area contributed by atoms with Crippen molar-refractivity contribution >= 4 is 11.7 Å². The van der Waals surface area contributed by atoms with Crippen molar-refractivity contribution in [3.05, 3.63) is 42.9 Å². The lowest BCUT2D eigenvalue weighted by molar-refractivity contribution is 1.18. The van der Waals surface area contributed by atoms with Crippen molar-refractivity contribution < 1.29 is 0 Å². The molecule has 0 N–H and O–H groups in total. The van der Waals surface area contributed by atoms with Crippen molar-refractivity contribution in [3.63, 3.8) is 0 Å². The summed E-state index contributed by atoms with van der Waals surface area (Å²) in [6, 6.07) is 3.96. The summed E-state index contributed by atoms with van der Waals surface area (Å²) in [6.45, 7) is 3.69. The molecular formula is C9H8N2. The molecule has 0 atom stereocenters. The van der Waals surface area contributed by atoms with Gasteiger partial charge in [0.2, 0.25) is 0 Å². The molecule has 2 aromatic rings. The van der Waals surface area contributed by atoms with E-state index in [1.165, 1.54) is 0 Å². The minimum absolute atomic E-state index is 0.968. The largest absolute Gasteiger partial charge is 0.307 e. The van der Waals surface area contributed by atoms with Gasteiger partial charge in [-0.1, -0.05) is 12.7 Å². The van der Waals surface area contributed by atoms with Crippen LogP contribution in [0, 0.1) is 0 Å². The Morgan fingerprint density at radius 2 is 2.36 bits per heavy atom. The lowest BCUT2D eigenvalue weighted by Gasteiger charge is -1.94. The maximum Gasteiger partial charge on any atom is 0.136 e. The summed E-state index contributed by atoms with van der Waals surface area (Å²) >= 11 is 0. The zero-order valence-electron chi connectivity index (χ0n) is 6.07. The molecule has 0 aliphatic heterocycles. The minimum Gasteiger partial charge on any atom is -0.307 e. The van der Waals surface area contributed by atoms with Crippen molar-refractivity contribution in [1.82, 2.24) is 9.38 Å². The van der Waals surface area contributed by atoms with Crippen LogP contribution in [-0.4, -0.2) is 9.38 Å². The second kappa shape index (κ2) is 2.23. The molecule has 54 valence electrons. The van der Waals surface area contributed by atoms with Gasteiger partial charge in [-0.05, 0) is 17.7 Å². The molecule has 2 heteroatoms. The second-order valence-electron chi connectivity index (χ2n) is 2.36. The maximum absolute atomic E-state index is 4.12. The zero-order valence-corrected chi connectivity index (χ0v) is 6.07. The van der Waals surface area contributed by atoms with Crippen LogP contribution < -0.4 is 0 Å². The quantitative estimate of drug-likeness (QED) is 0.598. The summed E-state index contributed by atoms with van der Waals surface area (Å²) < 4.78 is 1.97. The van der Waals surface area contributed by atoms with E-state index in [-0.39, 0.29) is 0 Å². The maximum atomic E-state index is 4.12. The van der Waals surface area contributed by atoms with Crippen molar-refractivity contribution in [2.75, 3.05) is 0 Å². The molecule has 0 saturated carbocycles. The number of aromatic nitrogens is 2. The van der Waals surface area contributed by atoms with Crippen molar-refractivity contribution in [2.45, 2.75) is 0 Å². The van der Waals surface area contributed by atoms with Crippen LogP contribution in [0.15, 0.2) is 37.3 Å². The van der Waals surface area contributed by atoms with Gasteiger partial charge in [0.05, 0.1) is 0 Å². The normalized spacial score (nSPS) is 10.2. The Morgan fingerprint density at radius 1 is 1.45 bits per heavy atom. The SMILES string of the molecule is C=Cc1ccc2nccn2c1. The first-order chi connectivity index (χ1) is 5.40. The number of imidazole rings is 1. The first-order valence-electron chi connectivity index (χ1n) is 3.45. The Balaban J connectivity index is 2.76. The zero-order chi connectivity index (χ0) is 7.68. The summed E-state index contributed by atoms with van der Waals surface area (Å²) in [7, 11) is 0. The third kappa shape index (κ3) is 0.923. The Bertz CT molecular complexity index is 387. The number of pyridine rings is 1. The van der Waals surface area contributed by atoms with Gasteiger partial charge in [0.1, 0.15) is 5.65 Å². The summed E-state index contributed by atoms with van der Waals surface area (Å²) in [5, 5.41) is 0. The molecule has 0 radical (unpaired) electrons. The molecule has 0 saturated heterocycles. The van der Waals surface area contributed by atoms with Crippen LogP contribution >= 0.6 is 0 Å². The van der Waals surface area contributed by atoms with Crippen LogP contribution in [0.4, 0.5) is 0 Å². The van der Waals surface area contributed by atoms with E-state index in [4.69, 9.17) is 0 Å². The predicted molar refractivity (Wildman–Crippen MR) is 45.3 cm³/mol. The highest BCUT2D eigenvalue weighted by Gasteiger charge is 1.91. The average molecular weight is 144 g/mol. The molecule has 0 amide bonds. The van der Waals surface area contributed by atoms with E-state index in [0.717, 1.165) is 11.2 Å². The minimum atomic E-state index is 0.968. The molecule has 0 aliphatic rings. The average Bonchev–Trinajstić information content (AvgIpc) is 2.50. The highest BCUT2D eigenvalue weighted by atomic mass is 15.0. The molecule has 0 spiro atoms. The third-order valence-electron chi connectivity index (χ3n) is 1.65. The number of hydrogen-bond acceptors (Lipinski definition) is 1. The second-order valence-corrected chi connectivity index (χ2v) is 2.36. The van der Waals surface area contributed by atoms with Gasteiger partial charge in [-0.15, -0.1) is 0 Å². The monoisotopic (exact) mass is 144 g/mol. The fourth-order valence-electron chi connectivity index (χ4n) is 1.06. The molecule has 11 heavy (non-hydrogen) atoms. The van der Waals surface area contributed by atoms with Gasteiger partial charge < -0.3 is 4.40 Å². The lowest BCUT2D eigenvalue weighted by Crippen LogP contribution is -1.82. The van der Waals surface area contributed by atoms with Crippen molar-refractivity contribution in [2.24, 2.45) is 0 Å². The van der Waals surface area contributed by atoms with Gasteiger partial charge in [-0.2, -0.15) is 0 Å². The highest BCUT2D eigenvalue weighted by molar-refractivity contribution is 5.50. The number of fused-ring (bicyclic) bond motifs is 1. The van der Waals surface area contributed by atoms with E-state index in [1.54, 1.807) is 6.20 Å². The van der Waals surface area contributed by atoms with Crippen molar-refractivity contribution in [1.29, 1.82) is 0 Å². The highest BCUT2D eigenvalue weighted by Crippen LogP contribution is 2.04. The molecule has 0 aromatic carbocycles. The van der Waals surface area contributed by atoms with Crippen LogP contribution in [0.25, 0.3) is 11.7 Å². The van der Waals surface area contributed by atoms with Gasteiger partial charge in [-0.3, -0.25) is 0 Å². The number of rotatable bonds is 1. The van der Waals surface area contributed by atoms with Gasteiger partial charge in [0.25, 0.3) is 0 Å².